The van der Waals surface area contributed by atoms with Crippen LogP contribution in [0.4, 0.5) is 0 Å². The molecule has 2 aliphatic rings. The summed E-state index contributed by atoms with van der Waals surface area (Å²) in [6.07, 6.45) is 1.78. The molecule has 1 N–H and O–H groups in total. The van der Waals surface area contributed by atoms with Crippen molar-refractivity contribution in [2.24, 2.45) is 5.10 Å². The molecule has 0 aliphatic carbocycles. The van der Waals surface area contributed by atoms with Crippen molar-refractivity contribution in [2.45, 2.75) is 42.7 Å². The molecule has 1 fully saturated rings. The van der Waals surface area contributed by atoms with Crippen molar-refractivity contribution >= 4 is 23.4 Å². The van der Waals surface area contributed by atoms with Gasteiger partial charge in [0, 0.05) is 6.61 Å². The van der Waals surface area contributed by atoms with Crippen LogP contribution in [0.1, 0.15) is 42.3 Å². The van der Waals surface area contributed by atoms with E-state index in [9.17, 15) is 9.90 Å². The average Bonchev–Trinajstić information content (AvgIpc) is 3.23. The number of hydrogen-bond acceptors (Lipinski definition) is 6. The third-order valence-electron chi connectivity index (χ3n) is 4.32. The number of fused-ring (bicyclic) bond motifs is 1. The van der Waals surface area contributed by atoms with E-state index in [4.69, 9.17) is 9.84 Å². The van der Waals surface area contributed by atoms with Gasteiger partial charge in [-0.3, -0.25) is 4.79 Å². The van der Waals surface area contributed by atoms with Gasteiger partial charge < -0.3 is 9.84 Å². The highest BCUT2D eigenvalue weighted by molar-refractivity contribution is 8.00. The number of aryl methyl sites for hydroxylation is 1. The first kappa shape index (κ1) is 16.3. The first-order valence-corrected chi connectivity index (χ1v) is 9.11. The van der Waals surface area contributed by atoms with Crippen LogP contribution in [0, 0.1) is 6.92 Å². The molecule has 4 rings (SSSR count). The summed E-state index contributed by atoms with van der Waals surface area (Å²) in [5.74, 6) is -0.164. The van der Waals surface area contributed by atoms with E-state index in [1.165, 1.54) is 11.8 Å². The first-order valence-electron chi connectivity index (χ1n) is 8.23. The Hall–Kier alpha value is -2.19. The Morgan fingerprint density at radius 2 is 2.16 bits per heavy atom. The van der Waals surface area contributed by atoms with Crippen LogP contribution in [0.15, 0.2) is 34.5 Å². The molecule has 130 valence electrons. The lowest BCUT2D eigenvalue weighted by Crippen LogP contribution is -2.27. The molecule has 1 aromatic heterocycles. The minimum atomic E-state index is -0.857. The molecule has 1 saturated heterocycles. The van der Waals surface area contributed by atoms with E-state index in [0.29, 0.717) is 11.0 Å². The van der Waals surface area contributed by atoms with E-state index >= 15 is 0 Å². The number of hydrogen-bond donors (Lipinski definition) is 1. The Balaban J connectivity index is 1.76. The molecular weight excluding hydrogens is 340 g/mol. The van der Waals surface area contributed by atoms with Gasteiger partial charge in [-0.2, -0.15) is 9.78 Å². The summed E-state index contributed by atoms with van der Waals surface area (Å²) < 4.78 is 7.43. The maximum atomic E-state index is 11.3. The van der Waals surface area contributed by atoms with Gasteiger partial charge in [-0.1, -0.05) is 41.6 Å². The molecule has 0 radical (unpaired) electrons. The number of rotatable bonds is 4. The molecule has 0 spiro atoms. The van der Waals surface area contributed by atoms with Gasteiger partial charge in [0.1, 0.15) is 6.10 Å². The lowest BCUT2D eigenvalue weighted by molar-refractivity contribution is -0.136. The SMILES string of the molecule is Cc1ccc(C2=Nn3c(nnc3[C@@H]3CCCO3)S[C@@H]2CC(=O)O)cc1. The van der Waals surface area contributed by atoms with Crippen molar-refractivity contribution in [1.82, 2.24) is 14.9 Å². The number of carboxylic acid groups (broad SMARTS) is 1. The van der Waals surface area contributed by atoms with E-state index in [1.807, 2.05) is 31.2 Å². The van der Waals surface area contributed by atoms with Crippen molar-refractivity contribution in [3.8, 4) is 0 Å². The summed E-state index contributed by atoms with van der Waals surface area (Å²) in [5.41, 5.74) is 2.80. The monoisotopic (exact) mass is 358 g/mol. The van der Waals surface area contributed by atoms with Crippen LogP contribution in [0.3, 0.4) is 0 Å². The molecule has 7 nitrogen and oxygen atoms in total. The lowest BCUT2D eigenvalue weighted by atomic mass is 10.0. The summed E-state index contributed by atoms with van der Waals surface area (Å²) in [7, 11) is 0. The van der Waals surface area contributed by atoms with Gasteiger partial charge in [-0.05, 0) is 25.3 Å². The molecule has 2 atom stereocenters. The molecule has 8 heteroatoms. The number of carboxylic acids is 1. The second-order valence-corrected chi connectivity index (χ2v) is 7.38. The van der Waals surface area contributed by atoms with Gasteiger partial charge in [0.2, 0.25) is 5.16 Å². The molecule has 1 aromatic carbocycles. The van der Waals surface area contributed by atoms with E-state index in [1.54, 1.807) is 4.68 Å². The Kier molecular flexibility index (Phi) is 4.30. The predicted molar refractivity (Wildman–Crippen MR) is 93.0 cm³/mol. The van der Waals surface area contributed by atoms with E-state index in [0.717, 1.165) is 36.3 Å². The number of ether oxygens (including phenoxy) is 1. The smallest absolute Gasteiger partial charge is 0.304 e. The number of benzene rings is 1. The zero-order valence-corrected chi connectivity index (χ0v) is 14.6. The highest BCUT2D eigenvalue weighted by Crippen LogP contribution is 2.36. The number of aromatic nitrogens is 3. The first-order chi connectivity index (χ1) is 12.1. The Morgan fingerprint density at radius 3 is 2.84 bits per heavy atom. The van der Waals surface area contributed by atoms with Crippen LogP contribution < -0.4 is 0 Å². The van der Waals surface area contributed by atoms with Crippen LogP contribution in [0.5, 0.6) is 0 Å². The fourth-order valence-electron chi connectivity index (χ4n) is 3.05. The highest BCUT2D eigenvalue weighted by atomic mass is 32.2. The fraction of sp³-hybridized carbons (Fsp3) is 0.412. The maximum Gasteiger partial charge on any atom is 0.304 e. The lowest BCUT2D eigenvalue weighted by Gasteiger charge is -2.22. The minimum Gasteiger partial charge on any atom is -0.481 e. The number of thioether (sulfide) groups is 1. The van der Waals surface area contributed by atoms with Crippen molar-refractivity contribution in [1.29, 1.82) is 0 Å². The Morgan fingerprint density at radius 1 is 1.36 bits per heavy atom. The van der Waals surface area contributed by atoms with E-state index in [-0.39, 0.29) is 17.8 Å². The van der Waals surface area contributed by atoms with Crippen molar-refractivity contribution in [3.63, 3.8) is 0 Å². The summed E-state index contributed by atoms with van der Waals surface area (Å²) in [5, 5.41) is 22.8. The number of aliphatic carboxylic acids is 1. The van der Waals surface area contributed by atoms with E-state index in [2.05, 4.69) is 10.2 Å². The van der Waals surface area contributed by atoms with Crippen molar-refractivity contribution in [2.75, 3.05) is 6.61 Å². The summed E-state index contributed by atoms with van der Waals surface area (Å²) in [6.45, 7) is 2.74. The van der Waals surface area contributed by atoms with Gasteiger partial charge in [0.15, 0.2) is 5.82 Å². The van der Waals surface area contributed by atoms with Crippen LogP contribution in [-0.2, 0) is 9.53 Å². The quantitative estimate of drug-likeness (QED) is 0.904. The summed E-state index contributed by atoms with van der Waals surface area (Å²) in [6, 6.07) is 7.96. The normalized spacial score (nSPS) is 22.5. The number of nitrogens with zero attached hydrogens (tertiary/aromatic N) is 4. The molecule has 3 heterocycles. The molecule has 0 unspecified atom stereocenters. The van der Waals surface area contributed by atoms with Crippen LogP contribution in [-0.4, -0.2) is 43.5 Å². The third kappa shape index (κ3) is 3.19. The largest absolute Gasteiger partial charge is 0.481 e. The van der Waals surface area contributed by atoms with Gasteiger partial charge >= 0.3 is 5.97 Å². The third-order valence-corrected chi connectivity index (χ3v) is 5.46. The summed E-state index contributed by atoms with van der Waals surface area (Å²) in [4.78, 5) is 11.3. The van der Waals surface area contributed by atoms with E-state index < -0.39 is 5.97 Å². The average molecular weight is 358 g/mol. The standard InChI is InChI=1S/C17H18N4O3S/c1-10-4-6-11(7-5-10)15-13(9-14(22)23)25-17-19-18-16(21(17)20-15)12-3-2-8-24-12/h4-7,12-13H,2-3,8-9H2,1H3,(H,22,23)/t12-,13+/m0/s1. The maximum absolute atomic E-state index is 11.3. The van der Waals surface area contributed by atoms with Gasteiger partial charge in [-0.25, -0.2) is 0 Å². The van der Waals surface area contributed by atoms with Gasteiger partial charge in [-0.15, -0.1) is 10.2 Å². The molecular formula is C17H18N4O3S. The van der Waals surface area contributed by atoms with Gasteiger partial charge in [0.25, 0.3) is 0 Å². The molecule has 0 saturated carbocycles. The molecule has 0 bridgehead atoms. The fourth-order valence-corrected chi connectivity index (χ4v) is 4.14. The Bertz CT molecular complexity index is 825. The molecule has 2 aromatic rings. The van der Waals surface area contributed by atoms with Crippen LogP contribution >= 0.6 is 11.8 Å². The highest BCUT2D eigenvalue weighted by Gasteiger charge is 2.33. The second kappa shape index (κ2) is 6.61. The zero-order chi connectivity index (χ0) is 17.4. The second-order valence-electron chi connectivity index (χ2n) is 6.21. The number of carbonyl (C=O) groups is 1. The Labute approximate surface area is 149 Å². The predicted octanol–water partition coefficient (Wildman–Crippen LogP) is 2.64. The molecule has 25 heavy (non-hydrogen) atoms. The minimum absolute atomic E-state index is 0.0144. The molecule has 2 aliphatic heterocycles. The zero-order valence-electron chi connectivity index (χ0n) is 13.8. The van der Waals surface area contributed by atoms with Crippen LogP contribution in [0.25, 0.3) is 0 Å². The topological polar surface area (TPSA) is 89.6 Å². The summed E-state index contributed by atoms with van der Waals surface area (Å²) >= 11 is 1.39. The van der Waals surface area contributed by atoms with Gasteiger partial charge in [0.05, 0.1) is 17.4 Å². The van der Waals surface area contributed by atoms with Crippen LogP contribution in [0.2, 0.25) is 0 Å². The van der Waals surface area contributed by atoms with Crippen molar-refractivity contribution in [3.05, 3.63) is 41.2 Å². The molecule has 0 amide bonds. The van der Waals surface area contributed by atoms with Crippen molar-refractivity contribution < 1.29 is 14.6 Å².